The monoisotopic (exact) mass is 380 g/mol. The van der Waals surface area contributed by atoms with E-state index in [0.717, 1.165) is 16.9 Å². The van der Waals surface area contributed by atoms with Crippen molar-refractivity contribution in [3.8, 4) is 17.0 Å². The maximum absolute atomic E-state index is 13.0. The van der Waals surface area contributed by atoms with Gasteiger partial charge in [0.2, 0.25) is 5.91 Å². The number of hydrogen-bond acceptors (Lipinski definition) is 4. The summed E-state index contributed by atoms with van der Waals surface area (Å²) in [6, 6.07) is 13.4. The fraction of sp³-hybridized carbons (Fsp3) is 0.0476. The van der Waals surface area contributed by atoms with Gasteiger partial charge in [-0.2, -0.15) is 0 Å². The number of rotatable bonds is 7. The summed E-state index contributed by atoms with van der Waals surface area (Å²) in [6.45, 7) is 4.05. The summed E-state index contributed by atoms with van der Waals surface area (Å²) in [5.41, 5.74) is 2.36. The Bertz CT molecular complexity index is 947. The summed E-state index contributed by atoms with van der Waals surface area (Å²) >= 11 is 1.31. The number of hydrogen-bond donors (Lipinski definition) is 1. The highest BCUT2D eigenvalue weighted by molar-refractivity contribution is 7.14. The molecule has 0 aliphatic rings. The first kappa shape index (κ1) is 18.5. The quantitative estimate of drug-likeness (QED) is 0.455. The number of nitrogens with zero attached hydrogens (tertiary/aromatic N) is 1. The molecular weight excluding hydrogens is 363 g/mol. The first-order valence-corrected chi connectivity index (χ1v) is 9.06. The number of halogens is 1. The van der Waals surface area contributed by atoms with Crippen LogP contribution in [0.1, 0.15) is 5.56 Å². The molecular formula is C21H17FN2O2S. The summed E-state index contributed by atoms with van der Waals surface area (Å²) in [4.78, 5) is 16.4. The van der Waals surface area contributed by atoms with Gasteiger partial charge in [0.1, 0.15) is 18.2 Å². The maximum atomic E-state index is 13.0. The molecule has 0 aliphatic carbocycles. The van der Waals surface area contributed by atoms with Gasteiger partial charge in [-0.25, -0.2) is 9.37 Å². The largest absolute Gasteiger partial charge is 0.490 e. The molecule has 0 radical (unpaired) electrons. The second kappa shape index (κ2) is 8.91. The molecule has 0 aliphatic heterocycles. The number of ether oxygens (including phenoxy) is 1. The molecule has 0 bridgehead atoms. The lowest BCUT2D eigenvalue weighted by Gasteiger charge is -2.02. The Balaban J connectivity index is 1.58. The molecule has 0 saturated carbocycles. The molecule has 0 saturated heterocycles. The molecule has 6 heteroatoms. The molecule has 3 rings (SSSR count). The summed E-state index contributed by atoms with van der Waals surface area (Å²) in [5, 5.41) is 5.02. The highest BCUT2D eigenvalue weighted by Crippen LogP contribution is 2.25. The third-order valence-corrected chi connectivity index (χ3v) is 4.31. The predicted molar refractivity (Wildman–Crippen MR) is 107 cm³/mol. The smallest absolute Gasteiger partial charge is 0.250 e. The van der Waals surface area contributed by atoms with Gasteiger partial charge in [-0.1, -0.05) is 24.8 Å². The number of anilines is 1. The Hall–Kier alpha value is -3.25. The maximum Gasteiger partial charge on any atom is 0.250 e. The molecule has 1 amide bonds. The van der Waals surface area contributed by atoms with Crippen LogP contribution < -0.4 is 10.1 Å². The molecule has 0 atom stereocenters. The van der Waals surface area contributed by atoms with Crippen molar-refractivity contribution in [1.29, 1.82) is 0 Å². The second-order valence-electron chi connectivity index (χ2n) is 5.54. The van der Waals surface area contributed by atoms with Gasteiger partial charge in [0.25, 0.3) is 0 Å². The molecule has 1 heterocycles. The van der Waals surface area contributed by atoms with Crippen molar-refractivity contribution in [2.24, 2.45) is 0 Å². The van der Waals surface area contributed by atoms with Crippen LogP contribution in [0.25, 0.3) is 17.3 Å². The van der Waals surface area contributed by atoms with Crippen LogP contribution in [-0.2, 0) is 4.79 Å². The Morgan fingerprint density at radius 2 is 1.93 bits per heavy atom. The highest BCUT2D eigenvalue weighted by Gasteiger charge is 2.06. The average molecular weight is 380 g/mol. The van der Waals surface area contributed by atoms with Crippen molar-refractivity contribution in [1.82, 2.24) is 4.98 Å². The van der Waals surface area contributed by atoms with E-state index in [0.29, 0.717) is 17.4 Å². The first-order valence-electron chi connectivity index (χ1n) is 8.18. The normalized spacial score (nSPS) is 10.7. The van der Waals surface area contributed by atoms with E-state index in [9.17, 15) is 9.18 Å². The van der Waals surface area contributed by atoms with Crippen molar-refractivity contribution < 1.29 is 13.9 Å². The lowest BCUT2D eigenvalue weighted by Crippen LogP contribution is -2.07. The van der Waals surface area contributed by atoms with Crippen molar-refractivity contribution in [3.63, 3.8) is 0 Å². The first-order chi connectivity index (χ1) is 13.1. The van der Waals surface area contributed by atoms with E-state index in [1.165, 1.54) is 29.5 Å². The van der Waals surface area contributed by atoms with Gasteiger partial charge in [-0.3, -0.25) is 10.1 Å². The summed E-state index contributed by atoms with van der Waals surface area (Å²) in [6.07, 6.45) is 4.83. The van der Waals surface area contributed by atoms with E-state index in [-0.39, 0.29) is 11.7 Å². The Labute approximate surface area is 160 Å². The lowest BCUT2D eigenvalue weighted by atomic mass is 10.2. The van der Waals surface area contributed by atoms with Crippen molar-refractivity contribution in [2.45, 2.75) is 0 Å². The second-order valence-corrected chi connectivity index (χ2v) is 6.39. The summed E-state index contributed by atoms with van der Waals surface area (Å²) in [5.74, 6) is 0.169. The van der Waals surface area contributed by atoms with Crippen LogP contribution in [0.15, 0.2) is 72.6 Å². The van der Waals surface area contributed by atoms with E-state index in [2.05, 4.69) is 16.9 Å². The van der Waals surface area contributed by atoms with E-state index in [1.54, 1.807) is 24.3 Å². The fourth-order valence-electron chi connectivity index (χ4n) is 2.23. The van der Waals surface area contributed by atoms with Crippen LogP contribution >= 0.6 is 11.3 Å². The third kappa shape index (κ3) is 5.36. The summed E-state index contributed by atoms with van der Waals surface area (Å²) < 4.78 is 18.4. The van der Waals surface area contributed by atoms with Gasteiger partial charge in [0.15, 0.2) is 5.13 Å². The Morgan fingerprint density at radius 3 is 2.63 bits per heavy atom. The average Bonchev–Trinajstić information content (AvgIpc) is 3.14. The molecule has 27 heavy (non-hydrogen) atoms. The SMILES string of the molecule is C=CCOc1ccc(C=CC(=O)Nc2nc(-c3ccc(F)cc3)cs2)cc1. The van der Waals surface area contributed by atoms with Gasteiger partial charge >= 0.3 is 0 Å². The van der Waals surface area contributed by atoms with E-state index < -0.39 is 0 Å². The van der Waals surface area contributed by atoms with Crippen molar-refractivity contribution >= 4 is 28.5 Å². The summed E-state index contributed by atoms with van der Waals surface area (Å²) in [7, 11) is 0. The molecule has 0 unspecified atom stereocenters. The number of carbonyl (C=O) groups is 1. The van der Waals surface area contributed by atoms with Gasteiger partial charge in [-0.05, 0) is 48.0 Å². The van der Waals surface area contributed by atoms with Crippen molar-refractivity contribution in [2.75, 3.05) is 11.9 Å². The van der Waals surface area contributed by atoms with Gasteiger partial charge in [0.05, 0.1) is 5.69 Å². The predicted octanol–water partition coefficient (Wildman–Crippen LogP) is 5.17. The van der Waals surface area contributed by atoms with Crippen LogP contribution in [0.4, 0.5) is 9.52 Å². The number of thiazole rings is 1. The van der Waals surface area contributed by atoms with Crippen LogP contribution in [-0.4, -0.2) is 17.5 Å². The zero-order valence-corrected chi connectivity index (χ0v) is 15.2. The van der Waals surface area contributed by atoms with Crippen molar-refractivity contribution in [3.05, 3.63) is 84.0 Å². The molecule has 1 N–H and O–H groups in total. The van der Waals surface area contributed by atoms with Crippen LogP contribution in [0.2, 0.25) is 0 Å². The Morgan fingerprint density at radius 1 is 1.19 bits per heavy atom. The molecule has 3 aromatic rings. The number of carbonyl (C=O) groups excluding carboxylic acids is 1. The number of nitrogens with one attached hydrogen (secondary N) is 1. The zero-order valence-electron chi connectivity index (χ0n) is 14.4. The minimum atomic E-state index is -0.298. The van der Waals surface area contributed by atoms with E-state index >= 15 is 0 Å². The van der Waals surface area contributed by atoms with Crippen LogP contribution in [0.3, 0.4) is 0 Å². The number of amides is 1. The van der Waals surface area contributed by atoms with Gasteiger partial charge in [0, 0.05) is 17.0 Å². The van der Waals surface area contributed by atoms with E-state index in [4.69, 9.17) is 4.74 Å². The number of benzene rings is 2. The highest BCUT2D eigenvalue weighted by atomic mass is 32.1. The molecule has 136 valence electrons. The van der Waals surface area contributed by atoms with Gasteiger partial charge in [-0.15, -0.1) is 11.3 Å². The zero-order chi connectivity index (χ0) is 19.1. The van der Waals surface area contributed by atoms with Gasteiger partial charge < -0.3 is 4.74 Å². The third-order valence-electron chi connectivity index (χ3n) is 3.55. The fourth-order valence-corrected chi connectivity index (χ4v) is 2.96. The van der Waals surface area contributed by atoms with E-state index in [1.807, 2.05) is 29.6 Å². The lowest BCUT2D eigenvalue weighted by molar-refractivity contribution is -0.111. The number of aromatic nitrogens is 1. The van der Waals surface area contributed by atoms with Crippen LogP contribution in [0.5, 0.6) is 5.75 Å². The molecule has 0 fully saturated rings. The van der Waals surface area contributed by atoms with Crippen LogP contribution in [0, 0.1) is 5.82 Å². The molecule has 4 nitrogen and oxygen atoms in total. The molecule has 0 spiro atoms. The standard InChI is InChI=1S/C21H17FN2O2S/c1-2-13-26-18-10-3-15(4-11-18)5-12-20(25)24-21-23-19(14-27-21)16-6-8-17(22)9-7-16/h2-12,14H,1,13H2,(H,23,24,25). The molecule has 2 aromatic carbocycles. The minimum absolute atomic E-state index is 0.276. The minimum Gasteiger partial charge on any atom is -0.490 e. The topological polar surface area (TPSA) is 51.2 Å². The Kier molecular flexibility index (Phi) is 6.12. The molecule has 1 aromatic heterocycles.